The summed E-state index contributed by atoms with van der Waals surface area (Å²) < 4.78 is 23.4. The van der Waals surface area contributed by atoms with E-state index in [1.807, 2.05) is 0 Å². The Morgan fingerprint density at radius 1 is 0.500 bits per heavy atom. The summed E-state index contributed by atoms with van der Waals surface area (Å²) in [6, 6.07) is 0. The van der Waals surface area contributed by atoms with E-state index in [1.54, 1.807) is 0 Å². The van der Waals surface area contributed by atoms with E-state index in [4.69, 9.17) is 9.05 Å². The van der Waals surface area contributed by atoms with Gasteiger partial charge in [-0.15, -0.1) is 0 Å². The number of nitrogens with zero attached hydrogens (tertiary/aromatic N) is 1. The van der Waals surface area contributed by atoms with Gasteiger partial charge in [0.2, 0.25) is 0 Å². The number of quaternary nitrogens is 1. The maximum Gasteiger partial charge on any atom is 0.472 e. The van der Waals surface area contributed by atoms with Crippen molar-refractivity contribution in [3.05, 3.63) is 0 Å². The van der Waals surface area contributed by atoms with Crippen LogP contribution in [-0.2, 0) is 13.6 Å². The van der Waals surface area contributed by atoms with Gasteiger partial charge >= 0.3 is 7.82 Å². The summed E-state index contributed by atoms with van der Waals surface area (Å²) in [6.07, 6.45) is 28.6. The summed E-state index contributed by atoms with van der Waals surface area (Å²) >= 11 is 0. The standard InChI is InChI=1S/C30H64NO4P/c1-5-7-9-11-13-15-17-18-20-22-24-26-29-34-36(32,33)35-30-28-31(3,4)27-25-23-21-19-16-14-12-10-8-6-2/h5-30H2,1-4H3/p+1. The van der Waals surface area contributed by atoms with E-state index < -0.39 is 7.82 Å². The van der Waals surface area contributed by atoms with E-state index >= 15 is 0 Å². The first-order chi connectivity index (χ1) is 17.3. The zero-order chi connectivity index (χ0) is 26.8. The lowest BCUT2D eigenvalue weighted by atomic mass is 10.1. The molecule has 1 N–H and O–H groups in total. The van der Waals surface area contributed by atoms with E-state index in [0.717, 1.165) is 30.4 Å². The van der Waals surface area contributed by atoms with E-state index in [2.05, 4.69) is 27.9 Å². The van der Waals surface area contributed by atoms with Gasteiger partial charge in [-0.2, -0.15) is 0 Å². The molecule has 36 heavy (non-hydrogen) atoms. The molecule has 0 aliphatic rings. The first kappa shape index (κ1) is 36.1. The molecule has 0 aromatic carbocycles. The number of hydrogen-bond acceptors (Lipinski definition) is 3. The molecule has 5 nitrogen and oxygen atoms in total. The lowest BCUT2D eigenvalue weighted by Gasteiger charge is -2.29. The first-order valence-corrected chi connectivity index (χ1v) is 17.3. The number of hydrogen-bond donors (Lipinski definition) is 1. The van der Waals surface area contributed by atoms with Gasteiger partial charge in [-0.25, -0.2) is 4.57 Å². The van der Waals surface area contributed by atoms with Crippen LogP contribution in [0.5, 0.6) is 0 Å². The second-order valence-electron chi connectivity index (χ2n) is 11.6. The van der Waals surface area contributed by atoms with Crippen LogP contribution in [0, 0.1) is 0 Å². The second kappa shape index (κ2) is 25.4. The van der Waals surface area contributed by atoms with Gasteiger partial charge in [0.25, 0.3) is 0 Å². The average Bonchev–Trinajstić information content (AvgIpc) is 2.83. The maximum atomic E-state index is 12.1. The molecule has 0 radical (unpaired) electrons. The molecule has 0 aromatic rings. The molecule has 0 aliphatic carbocycles. The van der Waals surface area contributed by atoms with E-state index in [1.165, 1.54) is 128 Å². The predicted molar refractivity (Wildman–Crippen MR) is 156 cm³/mol. The Balaban J connectivity index is 3.57. The number of rotatable bonds is 29. The fourth-order valence-electron chi connectivity index (χ4n) is 4.70. The first-order valence-electron chi connectivity index (χ1n) is 15.8. The molecular formula is C30H65NO4P+. The molecule has 1 unspecified atom stereocenters. The van der Waals surface area contributed by atoms with Gasteiger partial charge in [0.1, 0.15) is 13.2 Å². The molecule has 0 rings (SSSR count). The molecule has 0 heterocycles. The van der Waals surface area contributed by atoms with Crippen LogP contribution in [0.3, 0.4) is 0 Å². The second-order valence-corrected chi connectivity index (χ2v) is 13.0. The van der Waals surface area contributed by atoms with Crippen molar-refractivity contribution in [2.24, 2.45) is 0 Å². The molecule has 0 fully saturated rings. The van der Waals surface area contributed by atoms with Crippen LogP contribution in [0.1, 0.15) is 155 Å². The predicted octanol–water partition coefficient (Wildman–Crippen LogP) is 9.82. The van der Waals surface area contributed by atoms with Crippen molar-refractivity contribution in [1.82, 2.24) is 0 Å². The number of unbranched alkanes of at least 4 members (excludes halogenated alkanes) is 20. The van der Waals surface area contributed by atoms with Crippen LogP contribution in [0.25, 0.3) is 0 Å². The van der Waals surface area contributed by atoms with Crippen molar-refractivity contribution < 1.29 is 23.0 Å². The Hall–Kier alpha value is 0.0700. The Morgan fingerprint density at radius 3 is 1.25 bits per heavy atom. The van der Waals surface area contributed by atoms with Gasteiger partial charge in [0.15, 0.2) is 0 Å². The summed E-state index contributed by atoms with van der Waals surface area (Å²) in [6.45, 7) is 6.90. The zero-order valence-corrected chi connectivity index (χ0v) is 25.8. The van der Waals surface area contributed by atoms with Gasteiger partial charge in [-0.05, 0) is 19.3 Å². The molecular weight excluding hydrogens is 469 g/mol. The Labute approximate surface area is 226 Å². The highest BCUT2D eigenvalue weighted by molar-refractivity contribution is 7.47. The normalized spacial score (nSPS) is 13.8. The van der Waals surface area contributed by atoms with Crippen LogP contribution < -0.4 is 0 Å². The summed E-state index contributed by atoms with van der Waals surface area (Å²) in [5.41, 5.74) is 0. The molecule has 0 amide bonds. The smallest absolute Gasteiger partial charge is 0.327 e. The Kier molecular flexibility index (Phi) is 25.4. The monoisotopic (exact) mass is 534 g/mol. The van der Waals surface area contributed by atoms with E-state index in [-0.39, 0.29) is 6.61 Å². The van der Waals surface area contributed by atoms with Crippen molar-refractivity contribution in [3.8, 4) is 0 Å². The summed E-state index contributed by atoms with van der Waals surface area (Å²) in [7, 11) is 0.421. The lowest BCUT2D eigenvalue weighted by Crippen LogP contribution is -2.42. The minimum absolute atomic E-state index is 0.261. The van der Waals surface area contributed by atoms with Gasteiger partial charge < -0.3 is 9.38 Å². The SMILES string of the molecule is CCCCCCCCCCCCCCOP(=O)(O)OCC[N+](C)(C)CCCCCCCCCCCC. The average molecular weight is 535 g/mol. The van der Waals surface area contributed by atoms with Crippen molar-refractivity contribution in [1.29, 1.82) is 0 Å². The molecule has 0 aliphatic heterocycles. The van der Waals surface area contributed by atoms with Crippen LogP contribution in [-0.4, -0.2) is 49.8 Å². The summed E-state index contributed by atoms with van der Waals surface area (Å²) in [5.74, 6) is 0. The Bertz CT molecular complexity index is 501. The fourth-order valence-corrected chi connectivity index (χ4v) is 5.45. The Morgan fingerprint density at radius 2 is 0.833 bits per heavy atom. The van der Waals surface area contributed by atoms with Crippen LogP contribution in [0.15, 0.2) is 0 Å². The lowest BCUT2D eigenvalue weighted by molar-refractivity contribution is -0.890. The molecule has 0 spiro atoms. The fraction of sp³-hybridized carbons (Fsp3) is 1.00. The van der Waals surface area contributed by atoms with Gasteiger partial charge in [-0.3, -0.25) is 9.05 Å². The van der Waals surface area contributed by atoms with E-state index in [9.17, 15) is 9.46 Å². The number of phosphoric ester groups is 1. The van der Waals surface area contributed by atoms with E-state index in [0.29, 0.717) is 6.61 Å². The van der Waals surface area contributed by atoms with Crippen LogP contribution in [0.2, 0.25) is 0 Å². The summed E-state index contributed by atoms with van der Waals surface area (Å²) in [5, 5.41) is 0. The quantitative estimate of drug-likeness (QED) is 0.0589. The third-order valence-corrected chi connectivity index (χ3v) is 8.34. The molecule has 218 valence electrons. The van der Waals surface area contributed by atoms with Crippen molar-refractivity contribution in [2.45, 2.75) is 155 Å². The molecule has 0 saturated heterocycles. The minimum atomic E-state index is -3.93. The van der Waals surface area contributed by atoms with Crippen molar-refractivity contribution >= 4 is 7.82 Å². The van der Waals surface area contributed by atoms with Crippen molar-refractivity contribution in [2.75, 3.05) is 40.4 Å². The molecule has 6 heteroatoms. The van der Waals surface area contributed by atoms with Gasteiger partial charge in [0, 0.05) is 0 Å². The summed E-state index contributed by atoms with van der Waals surface area (Å²) in [4.78, 5) is 9.96. The van der Waals surface area contributed by atoms with Gasteiger partial charge in [0.05, 0.1) is 27.2 Å². The molecule has 0 bridgehead atoms. The largest absolute Gasteiger partial charge is 0.472 e. The third kappa shape index (κ3) is 27.1. The third-order valence-electron chi connectivity index (χ3n) is 7.32. The number of phosphoric acid groups is 1. The highest BCUT2D eigenvalue weighted by atomic mass is 31.2. The zero-order valence-electron chi connectivity index (χ0n) is 25.0. The van der Waals surface area contributed by atoms with Crippen molar-refractivity contribution in [3.63, 3.8) is 0 Å². The highest BCUT2D eigenvalue weighted by Crippen LogP contribution is 2.43. The molecule has 1 atom stereocenters. The molecule has 0 aromatic heterocycles. The minimum Gasteiger partial charge on any atom is -0.327 e. The van der Waals surface area contributed by atoms with Crippen LogP contribution in [0.4, 0.5) is 0 Å². The topological polar surface area (TPSA) is 55.8 Å². The maximum absolute atomic E-state index is 12.1. The highest BCUT2D eigenvalue weighted by Gasteiger charge is 2.23. The van der Waals surface area contributed by atoms with Gasteiger partial charge in [-0.1, -0.05) is 136 Å². The number of likely N-dealkylation sites (N-methyl/N-ethyl adjacent to an activating group) is 1. The van der Waals surface area contributed by atoms with Crippen LogP contribution >= 0.6 is 7.82 Å². The molecule has 0 saturated carbocycles.